The second-order valence-corrected chi connectivity index (χ2v) is 5.77. The molecule has 2 aromatic rings. The van der Waals surface area contributed by atoms with Crippen LogP contribution in [0.1, 0.15) is 22.5 Å². The maximum absolute atomic E-state index is 14.2. The number of piperidine rings is 1. The predicted octanol–water partition coefficient (Wildman–Crippen LogP) is 2.33. The van der Waals surface area contributed by atoms with E-state index in [4.69, 9.17) is 16.1 Å². The van der Waals surface area contributed by atoms with Gasteiger partial charge in [-0.15, -0.1) is 0 Å². The van der Waals surface area contributed by atoms with Crippen molar-refractivity contribution in [2.75, 3.05) is 6.54 Å². The van der Waals surface area contributed by atoms with Crippen LogP contribution in [0.3, 0.4) is 0 Å². The van der Waals surface area contributed by atoms with Crippen molar-refractivity contribution in [2.24, 2.45) is 5.92 Å². The highest BCUT2D eigenvalue weighted by Crippen LogP contribution is 2.34. The van der Waals surface area contributed by atoms with Crippen LogP contribution in [0.15, 0.2) is 22.7 Å². The second-order valence-electron chi connectivity index (χ2n) is 5.36. The summed E-state index contributed by atoms with van der Waals surface area (Å²) in [6.45, 7) is 1.64. The number of nitrogens with one attached hydrogen (secondary N) is 1. The molecule has 124 valence electrons. The van der Waals surface area contributed by atoms with Crippen molar-refractivity contribution in [3.63, 3.8) is 0 Å². The molecule has 0 bridgehead atoms. The monoisotopic (exact) mass is 350 g/mol. The lowest BCUT2D eigenvalue weighted by atomic mass is 9.87. The number of halogens is 2. The summed E-state index contributed by atoms with van der Waals surface area (Å²) < 4.78 is 19.2. The van der Waals surface area contributed by atoms with Crippen molar-refractivity contribution in [1.82, 2.24) is 10.5 Å². The fourth-order valence-corrected chi connectivity index (χ4v) is 2.92. The summed E-state index contributed by atoms with van der Waals surface area (Å²) in [6, 6.07) is 4.02. The number of aryl methyl sites for hydroxylation is 1. The van der Waals surface area contributed by atoms with E-state index in [2.05, 4.69) is 10.5 Å². The lowest BCUT2D eigenvalue weighted by Crippen LogP contribution is -2.46. The summed E-state index contributed by atoms with van der Waals surface area (Å²) >= 11 is 6.01. The van der Waals surface area contributed by atoms with Crippen molar-refractivity contribution >= 4 is 29.1 Å². The van der Waals surface area contributed by atoms with Crippen LogP contribution < -0.4 is 5.32 Å². The van der Waals surface area contributed by atoms with Gasteiger partial charge in [0.25, 0.3) is 0 Å². The minimum atomic E-state index is -1.49. The number of nitrogens with zero attached hydrogens (tertiary/aromatic N) is 1. The Morgan fingerprint density at radius 1 is 1.42 bits per heavy atom. The molecule has 1 aliphatic heterocycles. The van der Waals surface area contributed by atoms with Gasteiger partial charge in [0.1, 0.15) is 17.3 Å². The molecule has 1 fully saturated rings. The van der Waals surface area contributed by atoms with Crippen molar-refractivity contribution in [3.8, 4) is 11.3 Å². The second kappa shape index (κ2) is 6.16. The zero-order valence-corrected chi connectivity index (χ0v) is 13.3. The van der Waals surface area contributed by atoms with Crippen LogP contribution in [0.2, 0.25) is 5.02 Å². The predicted molar refractivity (Wildman–Crippen MR) is 82.1 cm³/mol. The molecule has 1 aliphatic rings. The third kappa shape index (κ3) is 2.60. The highest BCUT2D eigenvalue weighted by Gasteiger charge is 2.40. The molecule has 1 saturated heterocycles. The molecule has 0 radical (unpaired) electrons. The molecule has 3 rings (SSSR count). The van der Waals surface area contributed by atoms with Crippen LogP contribution in [0.5, 0.6) is 0 Å². The van der Waals surface area contributed by atoms with E-state index in [1.807, 2.05) is 0 Å². The maximum atomic E-state index is 14.2. The minimum absolute atomic E-state index is 0.0387. The van der Waals surface area contributed by atoms with Gasteiger partial charge in [0.15, 0.2) is 17.5 Å². The molecule has 6 nitrogen and oxygen atoms in total. The molecule has 1 N–H and O–H groups in total. The van der Waals surface area contributed by atoms with Crippen LogP contribution in [-0.4, -0.2) is 29.2 Å². The van der Waals surface area contributed by atoms with E-state index in [0.29, 0.717) is 0 Å². The molecule has 1 unspecified atom stereocenters. The number of carbonyl (C=O) groups excluding carboxylic acids is 3. The quantitative estimate of drug-likeness (QED) is 0.678. The average molecular weight is 351 g/mol. The number of amides is 1. The Morgan fingerprint density at radius 3 is 2.83 bits per heavy atom. The fraction of sp³-hybridized carbons (Fsp3) is 0.250. The molecular formula is C16H12ClFN2O4. The standard InChI is InChI=1S/C16H12ClFN2O4/c1-7-11(15(22)13-10(21)5-6-19-16(13)23)14(20-24-7)12-8(17)3-2-4-9(12)18/h2-4,13H,5-6H2,1H3,(H,19,23). The average Bonchev–Trinajstić information content (AvgIpc) is 2.88. The summed E-state index contributed by atoms with van der Waals surface area (Å²) in [7, 11) is 0. The number of aromatic nitrogens is 1. The van der Waals surface area contributed by atoms with Gasteiger partial charge < -0.3 is 9.84 Å². The molecule has 0 aliphatic carbocycles. The molecule has 24 heavy (non-hydrogen) atoms. The first-order valence-electron chi connectivity index (χ1n) is 7.17. The Kier molecular flexibility index (Phi) is 4.19. The topological polar surface area (TPSA) is 89.3 Å². The maximum Gasteiger partial charge on any atom is 0.238 e. The fourth-order valence-electron chi connectivity index (χ4n) is 2.67. The number of hydrogen-bond acceptors (Lipinski definition) is 5. The van der Waals surface area contributed by atoms with Gasteiger partial charge in [-0.3, -0.25) is 14.4 Å². The van der Waals surface area contributed by atoms with Gasteiger partial charge in [-0.1, -0.05) is 22.8 Å². The molecular weight excluding hydrogens is 339 g/mol. The Balaban J connectivity index is 2.13. The highest BCUT2D eigenvalue weighted by atomic mass is 35.5. The zero-order chi connectivity index (χ0) is 17.4. The molecule has 0 spiro atoms. The van der Waals surface area contributed by atoms with E-state index in [0.717, 1.165) is 6.07 Å². The zero-order valence-electron chi connectivity index (χ0n) is 12.6. The Labute approximate surface area is 141 Å². The summed E-state index contributed by atoms with van der Waals surface area (Å²) in [5.74, 6) is -4.03. The third-order valence-electron chi connectivity index (χ3n) is 3.83. The number of hydrogen-bond donors (Lipinski definition) is 1. The van der Waals surface area contributed by atoms with Crippen molar-refractivity contribution in [2.45, 2.75) is 13.3 Å². The number of Topliss-reactive ketones (excluding diaryl/α,β-unsaturated/α-hetero) is 2. The molecule has 1 amide bonds. The van der Waals surface area contributed by atoms with Crippen LogP contribution in [0, 0.1) is 18.7 Å². The van der Waals surface area contributed by atoms with E-state index in [-0.39, 0.29) is 40.6 Å². The van der Waals surface area contributed by atoms with Gasteiger partial charge in [0.2, 0.25) is 5.91 Å². The van der Waals surface area contributed by atoms with Crippen molar-refractivity contribution in [3.05, 3.63) is 40.4 Å². The first-order valence-corrected chi connectivity index (χ1v) is 7.55. The molecule has 1 aromatic carbocycles. The Morgan fingerprint density at radius 2 is 2.17 bits per heavy atom. The molecule has 1 aromatic heterocycles. The largest absolute Gasteiger partial charge is 0.360 e. The van der Waals surface area contributed by atoms with Gasteiger partial charge >= 0.3 is 0 Å². The molecule has 1 atom stereocenters. The summed E-state index contributed by atoms with van der Waals surface area (Å²) in [5.41, 5.74) is -0.341. The van der Waals surface area contributed by atoms with Gasteiger partial charge in [0, 0.05) is 13.0 Å². The summed E-state index contributed by atoms with van der Waals surface area (Å²) in [6.07, 6.45) is 0.0578. The molecule has 8 heteroatoms. The normalized spacial score (nSPS) is 17.7. The number of rotatable bonds is 3. The third-order valence-corrected chi connectivity index (χ3v) is 4.14. The van der Waals surface area contributed by atoms with E-state index in [1.54, 1.807) is 0 Å². The van der Waals surface area contributed by atoms with E-state index >= 15 is 0 Å². The first-order chi connectivity index (χ1) is 11.4. The van der Waals surface area contributed by atoms with Crippen LogP contribution in [-0.2, 0) is 9.59 Å². The van der Waals surface area contributed by atoms with Gasteiger partial charge in [-0.25, -0.2) is 4.39 Å². The number of ketones is 2. The smallest absolute Gasteiger partial charge is 0.238 e. The minimum Gasteiger partial charge on any atom is -0.360 e. The Bertz CT molecular complexity index is 826. The highest BCUT2D eigenvalue weighted by molar-refractivity contribution is 6.34. The lowest BCUT2D eigenvalue weighted by Gasteiger charge is -2.19. The van der Waals surface area contributed by atoms with Crippen LogP contribution >= 0.6 is 11.6 Å². The molecule has 0 saturated carbocycles. The van der Waals surface area contributed by atoms with E-state index in [9.17, 15) is 18.8 Å². The lowest BCUT2D eigenvalue weighted by molar-refractivity contribution is -0.134. The van der Waals surface area contributed by atoms with Gasteiger partial charge in [-0.05, 0) is 19.1 Å². The molecule has 2 heterocycles. The van der Waals surface area contributed by atoms with E-state index in [1.165, 1.54) is 19.1 Å². The van der Waals surface area contributed by atoms with Gasteiger partial charge in [0.05, 0.1) is 16.1 Å². The number of benzene rings is 1. The van der Waals surface area contributed by atoms with E-state index < -0.39 is 29.2 Å². The summed E-state index contributed by atoms with van der Waals surface area (Å²) in [4.78, 5) is 36.7. The SMILES string of the molecule is Cc1onc(-c2c(F)cccc2Cl)c1C(=O)C1C(=O)CCNC1=O. The number of carbonyl (C=O) groups is 3. The Hall–Kier alpha value is -2.54. The van der Waals surface area contributed by atoms with Gasteiger partial charge in [-0.2, -0.15) is 0 Å². The van der Waals surface area contributed by atoms with Crippen molar-refractivity contribution in [1.29, 1.82) is 0 Å². The summed E-state index contributed by atoms with van der Waals surface area (Å²) in [5, 5.41) is 6.22. The van der Waals surface area contributed by atoms with Crippen LogP contribution in [0.4, 0.5) is 4.39 Å². The van der Waals surface area contributed by atoms with Crippen molar-refractivity contribution < 1.29 is 23.3 Å². The first kappa shape index (κ1) is 16.3. The van der Waals surface area contributed by atoms with Crippen LogP contribution in [0.25, 0.3) is 11.3 Å².